The fraction of sp³-hybridized carbons (Fsp3) is 0.538. The van der Waals surface area contributed by atoms with Crippen molar-refractivity contribution in [3.8, 4) is 5.75 Å². The number of unbranched alkanes of at least 4 members (excludes halogenated alkanes) is 1. The minimum atomic E-state index is -0.192. The molecule has 1 aromatic carbocycles. The minimum Gasteiger partial charge on any atom is -0.488 e. The van der Waals surface area contributed by atoms with Gasteiger partial charge in [0.25, 0.3) is 0 Å². The first-order valence-electron chi connectivity index (χ1n) is 6.01. The highest BCUT2D eigenvalue weighted by atomic mass is 35.5. The van der Waals surface area contributed by atoms with Crippen LogP contribution in [0.4, 0.5) is 4.39 Å². The molecule has 0 aliphatic carbocycles. The molecule has 1 N–H and O–H groups in total. The molecular weight excluding hydrogens is 241 g/mol. The number of rotatable bonds is 6. The molecule has 0 fully saturated rings. The van der Waals surface area contributed by atoms with Gasteiger partial charge in [0.2, 0.25) is 0 Å². The largest absolute Gasteiger partial charge is 0.488 e. The topological polar surface area (TPSA) is 21.3 Å². The maximum atomic E-state index is 13.0. The van der Waals surface area contributed by atoms with E-state index in [9.17, 15) is 4.39 Å². The summed E-state index contributed by atoms with van der Waals surface area (Å²) in [6.07, 6.45) is 3.03. The van der Waals surface area contributed by atoms with Gasteiger partial charge in [-0.25, -0.2) is 4.39 Å². The molecule has 1 heterocycles. The number of halogens is 2. The van der Waals surface area contributed by atoms with Crippen LogP contribution in [0.5, 0.6) is 5.75 Å². The van der Waals surface area contributed by atoms with Crippen molar-refractivity contribution in [2.45, 2.75) is 25.4 Å². The van der Waals surface area contributed by atoms with E-state index < -0.39 is 0 Å². The van der Waals surface area contributed by atoms with Crippen LogP contribution in [0.3, 0.4) is 0 Å². The SMILES string of the molecule is Fc1ccc2c(c1)CC(CNCCCCCl)O2. The second-order valence-electron chi connectivity index (χ2n) is 4.30. The summed E-state index contributed by atoms with van der Waals surface area (Å²) in [6.45, 7) is 1.76. The highest BCUT2D eigenvalue weighted by molar-refractivity contribution is 6.17. The average Bonchev–Trinajstić information content (AvgIpc) is 2.70. The van der Waals surface area contributed by atoms with E-state index in [1.165, 1.54) is 6.07 Å². The standard InChI is InChI=1S/C13H17ClFNO/c14-5-1-2-6-16-9-12-8-10-7-11(15)3-4-13(10)17-12/h3-4,7,12,16H,1-2,5-6,8-9H2. The van der Waals surface area contributed by atoms with Gasteiger partial charge in [-0.1, -0.05) is 0 Å². The molecule has 0 aromatic heterocycles. The molecular formula is C13H17ClFNO. The van der Waals surface area contributed by atoms with Crippen LogP contribution in [0.1, 0.15) is 18.4 Å². The van der Waals surface area contributed by atoms with Gasteiger partial charge in [0.05, 0.1) is 0 Å². The highest BCUT2D eigenvalue weighted by Gasteiger charge is 2.22. The fourth-order valence-electron chi connectivity index (χ4n) is 2.01. The van der Waals surface area contributed by atoms with Crippen molar-refractivity contribution in [3.05, 3.63) is 29.6 Å². The van der Waals surface area contributed by atoms with E-state index in [4.69, 9.17) is 16.3 Å². The second-order valence-corrected chi connectivity index (χ2v) is 4.67. The van der Waals surface area contributed by atoms with Gasteiger partial charge in [0, 0.05) is 24.4 Å². The highest BCUT2D eigenvalue weighted by Crippen LogP contribution is 2.28. The number of benzene rings is 1. The quantitative estimate of drug-likeness (QED) is 0.625. The Balaban J connectivity index is 1.73. The molecule has 0 saturated heterocycles. The van der Waals surface area contributed by atoms with Crippen molar-refractivity contribution in [1.82, 2.24) is 5.32 Å². The molecule has 1 aliphatic heterocycles. The number of ether oxygens (including phenoxy) is 1. The summed E-state index contributed by atoms with van der Waals surface area (Å²) in [5.74, 6) is 1.34. The van der Waals surface area contributed by atoms with E-state index in [0.717, 1.165) is 43.7 Å². The van der Waals surface area contributed by atoms with Gasteiger partial charge in [-0.3, -0.25) is 0 Å². The van der Waals surface area contributed by atoms with E-state index in [1.54, 1.807) is 12.1 Å². The van der Waals surface area contributed by atoms with Crippen molar-refractivity contribution in [2.24, 2.45) is 0 Å². The van der Waals surface area contributed by atoms with Gasteiger partial charge in [-0.15, -0.1) is 11.6 Å². The van der Waals surface area contributed by atoms with Gasteiger partial charge < -0.3 is 10.1 Å². The third-order valence-electron chi connectivity index (χ3n) is 2.87. The molecule has 0 saturated carbocycles. The second kappa shape index (κ2) is 6.22. The first-order chi connectivity index (χ1) is 8.29. The Morgan fingerprint density at radius 2 is 2.29 bits per heavy atom. The zero-order valence-corrected chi connectivity index (χ0v) is 10.5. The molecule has 17 heavy (non-hydrogen) atoms. The maximum absolute atomic E-state index is 13.0. The summed E-state index contributed by atoms with van der Waals surface area (Å²) in [4.78, 5) is 0. The van der Waals surface area contributed by atoms with Crippen LogP contribution in [0.25, 0.3) is 0 Å². The lowest BCUT2D eigenvalue weighted by atomic mass is 10.1. The van der Waals surface area contributed by atoms with E-state index in [-0.39, 0.29) is 11.9 Å². The third-order valence-corrected chi connectivity index (χ3v) is 3.14. The van der Waals surface area contributed by atoms with Gasteiger partial charge in [-0.05, 0) is 37.6 Å². The molecule has 1 unspecified atom stereocenters. The summed E-state index contributed by atoms with van der Waals surface area (Å²) in [7, 11) is 0. The van der Waals surface area contributed by atoms with Gasteiger partial charge in [-0.2, -0.15) is 0 Å². The molecule has 4 heteroatoms. The molecule has 0 bridgehead atoms. The minimum absolute atomic E-state index is 0.128. The summed E-state index contributed by atoms with van der Waals surface area (Å²) >= 11 is 5.60. The third kappa shape index (κ3) is 3.58. The Bertz CT molecular complexity index is 372. The molecule has 0 spiro atoms. The fourth-order valence-corrected chi connectivity index (χ4v) is 2.20. The van der Waals surface area contributed by atoms with E-state index in [0.29, 0.717) is 5.88 Å². The predicted octanol–water partition coefficient (Wildman–Crippen LogP) is 2.74. The number of fused-ring (bicyclic) bond motifs is 1. The summed E-state index contributed by atoms with van der Waals surface area (Å²) in [5.41, 5.74) is 0.970. The Morgan fingerprint density at radius 1 is 1.41 bits per heavy atom. The van der Waals surface area contributed by atoms with E-state index >= 15 is 0 Å². The molecule has 1 aromatic rings. The number of nitrogens with one attached hydrogen (secondary N) is 1. The zero-order valence-electron chi connectivity index (χ0n) is 9.72. The van der Waals surface area contributed by atoms with Crippen molar-refractivity contribution in [1.29, 1.82) is 0 Å². The van der Waals surface area contributed by atoms with Gasteiger partial charge in [0.15, 0.2) is 0 Å². The molecule has 2 rings (SSSR count). The van der Waals surface area contributed by atoms with Crippen molar-refractivity contribution in [2.75, 3.05) is 19.0 Å². The van der Waals surface area contributed by atoms with Crippen LogP contribution < -0.4 is 10.1 Å². The van der Waals surface area contributed by atoms with Gasteiger partial charge in [0.1, 0.15) is 17.7 Å². The van der Waals surface area contributed by atoms with Crippen LogP contribution >= 0.6 is 11.6 Å². The first kappa shape index (κ1) is 12.7. The lowest BCUT2D eigenvalue weighted by molar-refractivity contribution is 0.227. The zero-order chi connectivity index (χ0) is 12.1. The summed E-state index contributed by atoms with van der Waals surface area (Å²) in [6, 6.07) is 4.70. The summed E-state index contributed by atoms with van der Waals surface area (Å²) in [5, 5.41) is 3.33. The molecule has 0 amide bonds. The van der Waals surface area contributed by atoms with Crippen molar-refractivity contribution >= 4 is 11.6 Å². The Hall–Kier alpha value is -0.800. The summed E-state index contributed by atoms with van der Waals surface area (Å²) < 4.78 is 18.7. The normalized spacial score (nSPS) is 17.9. The van der Waals surface area contributed by atoms with Crippen LogP contribution in [0.2, 0.25) is 0 Å². The van der Waals surface area contributed by atoms with Crippen molar-refractivity contribution in [3.63, 3.8) is 0 Å². The number of hydrogen-bond donors (Lipinski definition) is 1. The van der Waals surface area contributed by atoms with Crippen molar-refractivity contribution < 1.29 is 9.13 Å². The first-order valence-corrected chi connectivity index (χ1v) is 6.55. The lowest BCUT2D eigenvalue weighted by Gasteiger charge is -2.11. The Kier molecular flexibility index (Phi) is 4.63. The smallest absolute Gasteiger partial charge is 0.123 e. The molecule has 1 aliphatic rings. The van der Waals surface area contributed by atoms with E-state index in [1.807, 2.05) is 0 Å². The lowest BCUT2D eigenvalue weighted by Crippen LogP contribution is -2.30. The predicted molar refractivity (Wildman–Crippen MR) is 67.3 cm³/mol. The molecule has 1 atom stereocenters. The molecule has 94 valence electrons. The van der Waals surface area contributed by atoms with Crippen LogP contribution in [0, 0.1) is 5.82 Å². The van der Waals surface area contributed by atoms with Gasteiger partial charge >= 0.3 is 0 Å². The average molecular weight is 258 g/mol. The number of hydrogen-bond acceptors (Lipinski definition) is 2. The van der Waals surface area contributed by atoms with Crippen LogP contribution in [-0.2, 0) is 6.42 Å². The van der Waals surface area contributed by atoms with Crippen LogP contribution in [-0.4, -0.2) is 25.1 Å². The number of alkyl halides is 1. The molecule has 0 radical (unpaired) electrons. The Morgan fingerprint density at radius 3 is 3.12 bits per heavy atom. The monoisotopic (exact) mass is 257 g/mol. The van der Waals surface area contributed by atoms with E-state index in [2.05, 4.69) is 5.32 Å². The maximum Gasteiger partial charge on any atom is 0.123 e. The Labute approximate surface area is 106 Å². The van der Waals surface area contributed by atoms with Crippen LogP contribution in [0.15, 0.2) is 18.2 Å². The molecule has 2 nitrogen and oxygen atoms in total.